The van der Waals surface area contributed by atoms with Gasteiger partial charge in [0.1, 0.15) is 0 Å². The van der Waals surface area contributed by atoms with Gasteiger partial charge in [0.2, 0.25) is 0 Å². The van der Waals surface area contributed by atoms with Crippen molar-refractivity contribution in [2.75, 3.05) is 6.61 Å². The number of aliphatic hydroxyl groups is 1. The average Bonchev–Trinajstić information content (AvgIpc) is 2.35. The molecular formula is C13H18O2Te. The Morgan fingerprint density at radius 2 is 2.06 bits per heavy atom. The molecule has 1 rings (SSSR count). The maximum atomic E-state index is 10.2. The second-order valence-corrected chi connectivity index (χ2v) is 7.04. The molecule has 1 unspecified atom stereocenters. The van der Waals surface area contributed by atoms with Crippen molar-refractivity contribution in [3.63, 3.8) is 0 Å². The van der Waals surface area contributed by atoms with E-state index in [1.54, 1.807) is 6.26 Å². The molecule has 0 amide bonds. The molecule has 0 bridgehead atoms. The summed E-state index contributed by atoms with van der Waals surface area (Å²) >= 11 is -0.310. The van der Waals surface area contributed by atoms with E-state index in [1.807, 2.05) is 37.3 Å². The Bertz CT molecular complexity index is 322. The second kappa shape index (κ2) is 7.73. The van der Waals surface area contributed by atoms with Gasteiger partial charge >= 0.3 is 108 Å². The third kappa shape index (κ3) is 4.17. The molecule has 0 aliphatic heterocycles. The first kappa shape index (κ1) is 13.6. The van der Waals surface area contributed by atoms with Crippen LogP contribution in [0, 0.1) is 0 Å². The summed E-state index contributed by atoms with van der Waals surface area (Å²) in [7, 11) is 0. The minimum absolute atomic E-state index is 0.310. The van der Waals surface area contributed by atoms with Gasteiger partial charge in [-0.3, -0.25) is 0 Å². The van der Waals surface area contributed by atoms with Gasteiger partial charge in [0, 0.05) is 0 Å². The first-order valence-corrected chi connectivity index (χ1v) is 8.28. The van der Waals surface area contributed by atoms with Crippen LogP contribution in [-0.2, 0) is 4.74 Å². The molecule has 0 aromatic heterocycles. The van der Waals surface area contributed by atoms with Crippen molar-refractivity contribution in [1.82, 2.24) is 0 Å². The summed E-state index contributed by atoms with van der Waals surface area (Å²) in [6.45, 7) is 4.76. The second-order valence-electron chi connectivity index (χ2n) is 3.22. The molecule has 3 heteroatoms. The Labute approximate surface area is 107 Å². The Morgan fingerprint density at radius 1 is 1.38 bits per heavy atom. The molecule has 0 saturated heterocycles. The van der Waals surface area contributed by atoms with E-state index in [0.29, 0.717) is 6.61 Å². The number of hydrogen-bond acceptors (Lipinski definition) is 2. The van der Waals surface area contributed by atoms with Gasteiger partial charge in [-0.1, -0.05) is 0 Å². The van der Waals surface area contributed by atoms with Gasteiger partial charge in [-0.25, -0.2) is 0 Å². The Balaban J connectivity index is 2.78. The fourth-order valence-corrected chi connectivity index (χ4v) is 3.49. The molecule has 0 aliphatic carbocycles. The fraction of sp³-hybridized carbons (Fsp3) is 0.385. The molecule has 1 aromatic carbocycles. The fourth-order valence-electron chi connectivity index (χ4n) is 1.31. The van der Waals surface area contributed by atoms with Crippen molar-refractivity contribution < 1.29 is 9.84 Å². The van der Waals surface area contributed by atoms with Crippen LogP contribution in [0.4, 0.5) is 0 Å². The molecule has 1 aromatic rings. The Kier molecular flexibility index (Phi) is 6.56. The van der Waals surface area contributed by atoms with Crippen LogP contribution < -0.4 is 0 Å². The Hall–Kier alpha value is -0.490. The molecule has 2 nitrogen and oxygen atoms in total. The number of hydrogen-bond donors (Lipinski definition) is 1. The molecule has 0 radical (unpaired) electrons. The summed E-state index contributed by atoms with van der Waals surface area (Å²) in [5.41, 5.74) is 0.951. The van der Waals surface area contributed by atoms with Crippen molar-refractivity contribution in [3.05, 3.63) is 45.8 Å². The topological polar surface area (TPSA) is 29.5 Å². The van der Waals surface area contributed by atoms with E-state index in [9.17, 15) is 5.11 Å². The normalized spacial score (nSPS) is 13.6. The van der Waals surface area contributed by atoms with E-state index in [1.165, 1.54) is 0 Å². The van der Waals surface area contributed by atoms with Crippen molar-refractivity contribution >= 4 is 20.9 Å². The number of ether oxygens (including phenoxy) is 1. The number of benzene rings is 1. The van der Waals surface area contributed by atoms with Crippen LogP contribution in [0.15, 0.2) is 40.2 Å². The van der Waals surface area contributed by atoms with Crippen molar-refractivity contribution in [3.8, 4) is 0 Å². The van der Waals surface area contributed by atoms with Gasteiger partial charge < -0.3 is 0 Å². The summed E-state index contributed by atoms with van der Waals surface area (Å²) in [5, 5.41) is 10.2. The van der Waals surface area contributed by atoms with Crippen LogP contribution >= 0.6 is 0 Å². The van der Waals surface area contributed by atoms with E-state index in [2.05, 4.69) is 6.92 Å². The van der Waals surface area contributed by atoms with Crippen molar-refractivity contribution in [2.45, 2.75) is 24.4 Å². The predicted octanol–water partition coefficient (Wildman–Crippen LogP) is 2.74. The number of aliphatic hydroxyl groups excluding tert-OH is 1. The van der Waals surface area contributed by atoms with E-state index in [4.69, 9.17) is 4.74 Å². The van der Waals surface area contributed by atoms with Gasteiger partial charge in [-0.15, -0.1) is 0 Å². The summed E-state index contributed by atoms with van der Waals surface area (Å²) in [6.07, 6.45) is 1.26. The van der Waals surface area contributed by atoms with Crippen LogP contribution in [0.25, 0.3) is 0 Å². The first-order chi connectivity index (χ1) is 7.79. The third-order valence-corrected chi connectivity index (χ3v) is 4.75. The van der Waals surface area contributed by atoms with Crippen LogP contribution in [0.1, 0.15) is 25.5 Å². The monoisotopic (exact) mass is 336 g/mol. The summed E-state index contributed by atoms with van der Waals surface area (Å²) in [4.78, 5) is 0. The third-order valence-electron chi connectivity index (χ3n) is 2.06. The van der Waals surface area contributed by atoms with Crippen molar-refractivity contribution in [2.24, 2.45) is 0 Å². The SMILES string of the molecule is CCO/C=C(\[Te]CC)C(O)c1ccccc1. The standard InChI is InChI=1S/C13H18O2Te/c1-3-15-10-12(16-4-2)13(14)11-8-6-5-7-9-11/h5-10,13-14H,3-4H2,1-2H3/b12-10-. The van der Waals surface area contributed by atoms with Crippen LogP contribution in [0.3, 0.4) is 0 Å². The summed E-state index contributed by atoms with van der Waals surface area (Å²) in [5.74, 6) is 0. The average molecular weight is 334 g/mol. The zero-order chi connectivity index (χ0) is 11.8. The minimum atomic E-state index is -0.491. The molecule has 1 atom stereocenters. The van der Waals surface area contributed by atoms with Crippen molar-refractivity contribution in [1.29, 1.82) is 0 Å². The van der Waals surface area contributed by atoms with Crippen LogP contribution in [0.5, 0.6) is 0 Å². The van der Waals surface area contributed by atoms with Gasteiger partial charge in [-0.2, -0.15) is 0 Å². The summed E-state index contributed by atoms with van der Waals surface area (Å²) in [6, 6.07) is 9.76. The van der Waals surface area contributed by atoms with E-state index >= 15 is 0 Å². The zero-order valence-electron chi connectivity index (χ0n) is 9.72. The number of rotatable bonds is 6. The molecule has 0 spiro atoms. The molecule has 0 fully saturated rings. The van der Waals surface area contributed by atoms with Gasteiger partial charge in [0.05, 0.1) is 0 Å². The molecule has 88 valence electrons. The first-order valence-electron chi connectivity index (χ1n) is 5.47. The Morgan fingerprint density at radius 3 is 2.62 bits per heavy atom. The molecule has 0 aliphatic rings. The van der Waals surface area contributed by atoms with Crippen LogP contribution in [0.2, 0.25) is 4.47 Å². The van der Waals surface area contributed by atoms with E-state index in [0.717, 1.165) is 13.7 Å². The van der Waals surface area contributed by atoms with E-state index < -0.39 is 6.10 Å². The summed E-state index contributed by atoms with van der Waals surface area (Å²) < 4.78 is 7.50. The molecule has 1 N–H and O–H groups in total. The van der Waals surface area contributed by atoms with Gasteiger partial charge in [0.15, 0.2) is 0 Å². The quantitative estimate of drug-likeness (QED) is 0.640. The van der Waals surface area contributed by atoms with E-state index in [-0.39, 0.29) is 20.9 Å². The molecule has 16 heavy (non-hydrogen) atoms. The van der Waals surface area contributed by atoms with Gasteiger partial charge in [0.25, 0.3) is 0 Å². The predicted molar refractivity (Wildman–Crippen MR) is 67.3 cm³/mol. The van der Waals surface area contributed by atoms with Crippen LogP contribution in [-0.4, -0.2) is 32.6 Å². The van der Waals surface area contributed by atoms with Gasteiger partial charge in [-0.05, 0) is 0 Å². The zero-order valence-corrected chi connectivity index (χ0v) is 12.0. The maximum absolute atomic E-state index is 10.2. The molecule has 0 saturated carbocycles. The molecule has 0 heterocycles. The molecular weight excluding hydrogens is 316 g/mol.